The first kappa shape index (κ1) is 37.5. The second-order valence-corrected chi connectivity index (χ2v) is 15.5. The van der Waals surface area contributed by atoms with Crippen molar-refractivity contribution in [1.82, 2.24) is 15.1 Å². The SMILES string of the molecule is C=CCCC(=O)OC[C@H](NC(=O)[C@@H]1[C@H]2O[C@@]3(CC2Br)[C@H](C(=O)N(CC=C)C(C)(C)C)N([C@@H](CO)Cc2ccccc2)C(=O)[C@@H]13)c1ccccc1. The molecular formula is C39H48BrN3O7. The number of nitrogens with one attached hydrogen (secondary N) is 1. The predicted octanol–water partition coefficient (Wildman–Crippen LogP) is 4.52. The Hall–Kier alpha value is -3.80. The maximum Gasteiger partial charge on any atom is 0.306 e. The topological polar surface area (TPSA) is 125 Å². The Morgan fingerprint density at radius 1 is 1.12 bits per heavy atom. The zero-order valence-corrected chi connectivity index (χ0v) is 30.6. The number of carbonyl (C=O) groups excluding carboxylic acids is 4. The van der Waals surface area contributed by atoms with Crippen molar-refractivity contribution in [3.05, 3.63) is 97.1 Å². The smallest absolute Gasteiger partial charge is 0.306 e. The van der Waals surface area contributed by atoms with E-state index in [0.717, 1.165) is 11.1 Å². The Morgan fingerprint density at radius 3 is 2.38 bits per heavy atom. The van der Waals surface area contributed by atoms with Crippen LogP contribution in [0.5, 0.6) is 0 Å². The zero-order chi connectivity index (χ0) is 36.2. The fourth-order valence-electron chi connectivity index (χ4n) is 7.79. The fraction of sp³-hybridized carbons (Fsp3) is 0.487. The largest absolute Gasteiger partial charge is 0.463 e. The first-order valence-corrected chi connectivity index (χ1v) is 18.1. The molecule has 0 radical (unpaired) electrons. The zero-order valence-electron chi connectivity index (χ0n) is 29.0. The van der Waals surface area contributed by atoms with Gasteiger partial charge in [0.25, 0.3) is 0 Å². The summed E-state index contributed by atoms with van der Waals surface area (Å²) >= 11 is 3.75. The molecule has 3 aliphatic heterocycles. The lowest BCUT2D eigenvalue weighted by molar-refractivity contribution is -0.154. The van der Waals surface area contributed by atoms with Crippen LogP contribution in [0, 0.1) is 11.8 Å². The summed E-state index contributed by atoms with van der Waals surface area (Å²) in [6.07, 6.45) is 3.85. The average Bonchev–Trinajstić information content (AvgIpc) is 3.70. The van der Waals surface area contributed by atoms with Crippen LogP contribution < -0.4 is 5.32 Å². The monoisotopic (exact) mass is 749 g/mol. The number of amides is 3. The van der Waals surface area contributed by atoms with E-state index in [1.54, 1.807) is 17.1 Å². The van der Waals surface area contributed by atoms with E-state index in [1.165, 1.54) is 4.90 Å². The predicted molar refractivity (Wildman–Crippen MR) is 193 cm³/mol. The van der Waals surface area contributed by atoms with Gasteiger partial charge in [-0.05, 0) is 51.2 Å². The molecular weight excluding hydrogens is 702 g/mol. The first-order valence-electron chi connectivity index (χ1n) is 17.2. The summed E-state index contributed by atoms with van der Waals surface area (Å²) in [4.78, 5) is 59.5. The van der Waals surface area contributed by atoms with E-state index in [0.29, 0.717) is 19.3 Å². The van der Waals surface area contributed by atoms with Crippen LogP contribution in [0.25, 0.3) is 0 Å². The summed E-state index contributed by atoms with van der Waals surface area (Å²) in [5.41, 5.74) is -0.336. The number of benzene rings is 2. The molecule has 268 valence electrons. The normalized spacial score (nSPS) is 26.5. The third-order valence-electron chi connectivity index (χ3n) is 10.1. The molecule has 2 aromatic carbocycles. The molecule has 50 heavy (non-hydrogen) atoms. The fourth-order valence-corrected chi connectivity index (χ4v) is 8.73. The summed E-state index contributed by atoms with van der Waals surface area (Å²) in [6.45, 7) is 13.0. The van der Waals surface area contributed by atoms with Gasteiger partial charge in [-0.15, -0.1) is 13.2 Å². The van der Waals surface area contributed by atoms with Crippen LogP contribution in [-0.4, -0.2) is 92.5 Å². The molecule has 1 unspecified atom stereocenters. The summed E-state index contributed by atoms with van der Waals surface area (Å²) in [5, 5.41) is 13.9. The number of rotatable bonds is 15. The number of carbonyl (C=O) groups is 4. The van der Waals surface area contributed by atoms with Crippen LogP contribution >= 0.6 is 15.9 Å². The Morgan fingerprint density at radius 2 is 1.78 bits per heavy atom. The molecule has 3 saturated heterocycles. The average molecular weight is 751 g/mol. The number of esters is 1. The minimum absolute atomic E-state index is 0.107. The Labute approximate surface area is 303 Å². The maximum absolute atomic E-state index is 14.9. The van der Waals surface area contributed by atoms with Gasteiger partial charge in [0.15, 0.2) is 0 Å². The van der Waals surface area contributed by atoms with Gasteiger partial charge in [-0.2, -0.15) is 0 Å². The molecule has 3 aliphatic rings. The number of hydrogen-bond donors (Lipinski definition) is 2. The molecule has 2 N–H and O–H groups in total. The van der Waals surface area contributed by atoms with Crippen molar-refractivity contribution >= 4 is 39.6 Å². The Bertz CT molecular complexity index is 1560. The number of likely N-dealkylation sites (tertiary alicyclic amines) is 1. The molecule has 3 fully saturated rings. The molecule has 3 heterocycles. The molecule has 8 atom stereocenters. The number of halogens is 1. The van der Waals surface area contributed by atoms with Crippen LogP contribution in [0.4, 0.5) is 0 Å². The number of aliphatic hydroxyl groups excluding tert-OH is 1. The number of nitrogens with zero attached hydrogens (tertiary/aromatic N) is 2. The highest BCUT2D eigenvalue weighted by Crippen LogP contribution is 2.60. The molecule has 10 nitrogen and oxygen atoms in total. The summed E-state index contributed by atoms with van der Waals surface area (Å²) in [6, 6.07) is 16.1. The van der Waals surface area contributed by atoms with E-state index in [-0.39, 0.29) is 30.3 Å². The van der Waals surface area contributed by atoms with Gasteiger partial charge in [0.2, 0.25) is 17.7 Å². The molecule has 2 bridgehead atoms. The number of ether oxygens (including phenoxy) is 2. The van der Waals surface area contributed by atoms with Crippen LogP contribution in [0.3, 0.4) is 0 Å². The van der Waals surface area contributed by atoms with E-state index < -0.39 is 71.6 Å². The van der Waals surface area contributed by atoms with Gasteiger partial charge >= 0.3 is 5.97 Å². The lowest BCUT2D eigenvalue weighted by Gasteiger charge is -2.43. The van der Waals surface area contributed by atoms with Gasteiger partial charge < -0.3 is 29.7 Å². The molecule has 0 aliphatic carbocycles. The van der Waals surface area contributed by atoms with E-state index in [9.17, 15) is 24.3 Å². The molecule has 0 aromatic heterocycles. The van der Waals surface area contributed by atoms with Crippen molar-refractivity contribution in [1.29, 1.82) is 0 Å². The minimum atomic E-state index is -1.33. The number of allylic oxidation sites excluding steroid dienone is 1. The second kappa shape index (κ2) is 15.6. The van der Waals surface area contributed by atoms with E-state index in [4.69, 9.17) is 9.47 Å². The lowest BCUT2D eigenvalue weighted by Crippen LogP contribution is -2.62. The van der Waals surface area contributed by atoms with Gasteiger partial charge in [0.1, 0.15) is 18.2 Å². The highest BCUT2D eigenvalue weighted by molar-refractivity contribution is 9.09. The molecule has 3 amide bonds. The van der Waals surface area contributed by atoms with Crippen molar-refractivity contribution in [3.8, 4) is 0 Å². The minimum Gasteiger partial charge on any atom is -0.463 e. The number of fused-ring (bicyclic) bond motifs is 1. The van der Waals surface area contributed by atoms with Crippen molar-refractivity contribution in [2.75, 3.05) is 19.8 Å². The van der Waals surface area contributed by atoms with Crippen molar-refractivity contribution in [2.24, 2.45) is 11.8 Å². The van der Waals surface area contributed by atoms with Crippen LogP contribution in [0.1, 0.15) is 57.2 Å². The van der Waals surface area contributed by atoms with Crippen molar-refractivity contribution in [3.63, 3.8) is 0 Å². The van der Waals surface area contributed by atoms with Crippen LogP contribution in [-0.2, 0) is 35.1 Å². The van der Waals surface area contributed by atoms with Gasteiger partial charge in [-0.3, -0.25) is 19.2 Å². The Kier molecular flexibility index (Phi) is 11.7. The maximum atomic E-state index is 14.9. The highest BCUT2D eigenvalue weighted by atomic mass is 79.9. The standard InChI is InChI=1S/C39H48BrN3O7/c1-6-8-19-30(45)49-24-29(26-17-13-10-14-18-26)41-35(46)31-32-36(47)43(27(23-44)21-25-15-11-9-12-16-25)34(39(32)22-28(40)33(31)50-39)37(48)42(20-7-2)38(3,4)5/h6-7,9-18,27-29,31-34,44H,1-2,8,19-24H2,3-5H3,(H,41,46)/t27-,28?,29+,31+,32-,33+,34+,39-/m1/s1. The molecule has 2 aromatic rings. The summed E-state index contributed by atoms with van der Waals surface area (Å²) in [7, 11) is 0. The number of alkyl halides is 1. The third-order valence-corrected chi connectivity index (χ3v) is 10.9. The van der Waals surface area contributed by atoms with Crippen molar-refractivity contribution in [2.45, 2.75) is 86.7 Å². The molecule has 0 saturated carbocycles. The van der Waals surface area contributed by atoms with Gasteiger partial charge in [-0.1, -0.05) is 88.7 Å². The molecule has 1 spiro atoms. The van der Waals surface area contributed by atoms with Gasteiger partial charge in [-0.25, -0.2) is 0 Å². The Balaban J connectivity index is 1.53. The van der Waals surface area contributed by atoms with Crippen molar-refractivity contribution < 1.29 is 33.8 Å². The number of hydrogen-bond acceptors (Lipinski definition) is 7. The van der Waals surface area contributed by atoms with E-state index in [1.807, 2.05) is 81.4 Å². The van der Waals surface area contributed by atoms with Gasteiger partial charge in [0.05, 0.1) is 36.6 Å². The van der Waals surface area contributed by atoms with Gasteiger partial charge in [0, 0.05) is 23.3 Å². The first-order chi connectivity index (χ1) is 23.9. The van der Waals surface area contributed by atoms with E-state index in [2.05, 4.69) is 34.4 Å². The van der Waals surface area contributed by atoms with E-state index >= 15 is 0 Å². The van der Waals surface area contributed by atoms with Crippen LogP contribution in [0.2, 0.25) is 0 Å². The number of aliphatic hydroxyl groups is 1. The third kappa shape index (κ3) is 7.31. The summed E-state index contributed by atoms with van der Waals surface area (Å²) in [5.74, 6) is -3.53. The summed E-state index contributed by atoms with van der Waals surface area (Å²) < 4.78 is 12.3. The lowest BCUT2D eigenvalue weighted by atomic mass is 9.70. The molecule has 5 rings (SSSR count). The van der Waals surface area contributed by atoms with Crippen LogP contribution in [0.15, 0.2) is 86.0 Å². The quantitative estimate of drug-likeness (QED) is 0.156. The molecule has 11 heteroatoms. The second-order valence-electron chi connectivity index (χ2n) is 14.3. The highest BCUT2D eigenvalue weighted by Gasteiger charge is 2.77.